The molecule has 0 amide bonds. The quantitative estimate of drug-likeness (QED) is 0.222. The third-order valence-electron chi connectivity index (χ3n) is 3.50. The molecule has 0 aromatic rings. The van der Waals surface area contributed by atoms with E-state index in [-0.39, 0.29) is 5.41 Å². The van der Waals surface area contributed by atoms with E-state index in [2.05, 4.69) is 46.3 Å². The van der Waals surface area contributed by atoms with Gasteiger partial charge in [-0.1, -0.05) is 54.2 Å². The molecule has 0 saturated heterocycles. The molecule has 1 rings (SSSR count). The monoisotopic (exact) mass is 299 g/mol. The number of hydrogen-bond donors (Lipinski definition) is 2. The van der Waals surface area contributed by atoms with Crippen LogP contribution in [0.1, 0.15) is 19.8 Å². The summed E-state index contributed by atoms with van der Waals surface area (Å²) in [4.78, 5) is 2.81. The first kappa shape index (κ1) is 17.8. The second kappa shape index (κ2) is 9.66. The number of azide groups is 1. The van der Waals surface area contributed by atoms with Gasteiger partial charge in [0.1, 0.15) is 0 Å². The highest BCUT2D eigenvalue weighted by atomic mass is 15.1. The Kier molecular flexibility index (Phi) is 7.83. The number of rotatable bonds is 9. The van der Waals surface area contributed by atoms with Crippen molar-refractivity contribution in [1.29, 1.82) is 0 Å². The average Bonchev–Trinajstić information content (AvgIpc) is 2.70. The van der Waals surface area contributed by atoms with E-state index in [1.807, 2.05) is 31.4 Å². The Balaban J connectivity index is 2.47. The number of nitrogens with one attached hydrogen (secondary N) is 2. The lowest BCUT2D eigenvalue weighted by atomic mass is 9.86. The van der Waals surface area contributed by atoms with Gasteiger partial charge in [-0.3, -0.25) is 0 Å². The van der Waals surface area contributed by atoms with Crippen molar-refractivity contribution in [2.24, 2.45) is 10.5 Å². The largest absolute Gasteiger partial charge is 0.388 e. The fraction of sp³-hybridized carbons (Fsp3) is 0.412. The Labute approximate surface area is 132 Å². The fourth-order valence-corrected chi connectivity index (χ4v) is 2.00. The van der Waals surface area contributed by atoms with E-state index in [0.29, 0.717) is 5.70 Å². The Hall–Kier alpha value is -2.23. The van der Waals surface area contributed by atoms with Gasteiger partial charge >= 0.3 is 0 Å². The highest BCUT2D eigenvalue weighted by Gasteiger charge is 2.21. The van der Waals surface area contributed by atoms with Crippen molar-refractivity contribution in [2.45, 2.75) is 19.8 Å². The summed E-state index contributed by atoms with van der Waals surface area (Å²) in [5, 5.41) is 10.1. The van der Waals surface area contributed by atoms with Gasteiger partial charge < -0.3 is 10.6 Å². The van der Waals surface area contributed by atoms with Crippen LogP contribution >= 0.6 is 0 Å². The highest BCUT2D eigenvalue weighted by molar-refractivity contribution is 5.36. The summed E-state index contributed by atoms with van der Waals surface area (Å²) in [6, 6.07) is 0. The lowest BCUT2D eigenvalue weighted by Crippen LogP contribution is -2.26. The SMILES string of the molecule is C=C(NCC/C=C\CCNC)C1(C)C=CC=C(N=[N+]=[N-])C=C1. The third-order valence-corrected chi connectivity index (χ3v) is 3.50. The van der Waals surface area contributed by atoms with Crippen LogP contribution < -0.4 is 10.6 Å². The smallest absolute Gasteiger partial charge is 0.0431 e. The van der Waals surface area contributed by atoms with E-state index in [9.17, 15) is 0 Å². The van der Waals surface area contributed by atoms with Crippen molar-refractivity contribution in [3.63, 3.8) is 0 Å². The molecule has 0 aliphatic heterocycles. The minimum absolute atomic E-state index is 0.293. The van der Waals surface area contributed by atoms with Crippen LogP contribution in [0.4, 0.5) is 0 Å². The number of nitrogens with zero attached hydrogens (tertiary/aromatic N) is 3. The molecule has 0 fully saturated rings. The summed E-state index contributed by atoms with van der Waals surface area (Å²) in [7, 11) is 1.95. The zero-order valence-corrected chi connectivity index (χ0v) is 13.4. The van der Waals surface area contributed by atoms with Crippen molar-refractivity contribution in [2.75, 3.05) is 20.1 Å². The Morgan fingerprint density at radius 2 is 2.09 bits per heavy atom. The molecule has 5 heteroatoms. The van der Waals surface area contributed by atoms with E-state index < -0.39 is 0 Å². The lowest BCUT2D eigenvalue weighted by molar-refractivity contribution is 0.587. The van der Waals surface area contributed by atoms with Crippen LogP contribution in [0.2, 0.25) is 0 Å². The van der Waals surface area contributed by atoms with Gasteiger partial charge in [0.2, 0.25) is 0 Å². The Morgan fingerprint density at radius 3 is 2.77 bits per heavy atom. The average molecular weight is 299 g/mol. The van der Waals surface area contributed by atoms with Crippen LogP contribution in [0.15, 0.2) is 65.6 Å². The maximum Gasteiger partial charge on any atom is 0.0431 e. The van der Waals surface area contributed by atoms with Gasteiger partial charge in [0, 0.05) is 28.3 Å². The predicted octanol–water partition coefficient (Wildman–Crippen LogP) is 3.97. The summed E-state index contributed by atoms with van der Waals surface area (Å²) < 4.78 is 0. The number of hydrogen-bond acceptors (Lipinski definition) is 3. The van der Waals surface area contributed by atoms with Crippen LogP contribution in [0.5, 0.6) is 0 Å². The molecule has 0 radical (unpaired) electrons. The molecule has 1 aliphatic rings. The first-order valence-electron chi connectivity index (χ1n) is 7.49. The van der Waals surface area contributed by atoms with E-state index in [0.717, 1.165) is 31.6 Å². The van der Waals surface area contributed by atoms with Crippen molar-refractivity contribution < 1.29 is 0 Å². The fourth-order valence-electron chi connectivity index (χ4n) is 2.00. The second-order valence-corrected chi connectivity index (χ2v) is 5.31. The van der Waals surface area contributed by atoms with Gasteiger partial charge in [0.25, 0.3) is 0 Å². The number of allylic oxidation sites excluding steroid dienone is 4. The summed E-state index contributed by atoms with van der Waals surface area (Å²) >= 11 is 0. The maximum atomic E-state index is 8.49. The second-order valence-electron chi connectivity index (χ2n) is 5.31. The predicted molar refractivity (Wildman–Crippen MR) is 93.1 cm³/mol. The van der Waals surface area contributed by atoms with Crippen LogP contribution in [0.25, 0.3) is 10.4 Å². The van der Waals surface area contributed by atoms with E-state index in [1.54, 1.807) is 6.08 Å². The standard InChI is InChI=1S/C17H25N5/c1-15(20-14-7-5-4-6-13-19-3)17(2)11-8-9-16(10-12-17)21-22-18/h4-5,8-12,19-20H,1,6-7,13-14H2,2-3H3/b5-4-. The first-order chi connectivity index (χ1) is 10.6. The summed E-state index contributed by atoms with van der Waals surface area (Å²) in [5.74, 6) is 0. The maximum absolute atomic E-state index is 8.49. The minimum atomic E-state index is -0.293. The molecule has 0 heterocycles. The normalized spacial score (nSPS) is 20.4. The molecule has 0 spiro atoms. The molecule has 5 nitrogen and oxygen atoms in total. The zero-order valence-electron chi connectivity index (χ0n) is 13.4. The van der Waals surface area contributed by atoms with Crippen molar-refractivity contribution >= 4 is 0 Å². The van der Waals surface area contributed by atoms with Crippen LogP contribution in [0, 0.1) is 5.41 Å². The molecule has 2 N–H and O–H groups in total. The van der Waals surface area contributed by atoms with E-state index in [1.165, 1.54) is 0 Å². The van der Waals surface area contributed by atoms with Gasteiger partial charge in [-0.05, 0) is 38.9 Å². The van der Waals surface area contributed by atoms with Gasteiger partial charge in [-0.25, -0.2) is 0 Å². The minimum Gasteiger partial charge on any atom is -0.388 e. The lowest BCUT2D eigenvalue weighted by Gasteiger charge is -2.25. The van der Waals surface area contributed by atoms with Crippen molar-refractivity contribution in [3.8, 4) is 0 Å². The van der Waals surface area contributed by atoms with Gasteiger partial charge in [0.15, 0.2) is 0 Å². The van der Waals surface area contributed by atoms with Crippen LogP contribution in [0.3, 0.4) is 0 Å². The molecule has 118 valence electrons. The molecule has 1 atom stereocenters. The molecule has 22 heavy (non-hydrogen) atoms. The molecular formula is C17H25N5. The molecule has 1 aliphatic carbocycles. The topological polar surface area (TPSA) is 72.8 Å². The van der Waals surface area contributed by atoms with Crippen LogP contribution in [-0.2, 0) is 0 Å². The van der Waals surface area contributed by atoms with Crippen molar-refractivity contribution in [3.05, 3.63) is 70.9 Å². The molecular weight excluding hydrogens is 274 g/mol. The van der Waals surface area contributed by atoms with Crippen molar-refractivity contribution in [1.82, 2.24) is 10.6 Å². The van der Waals surface area contributed by atoms with Gasteiger partial charge in [-0.15, -0.1) is 0 Å². The molecule has 1 unspecified atom stereocenters. The summed E-state index contributed by atoms with van der Waals surface area (Å²) in [6.07, 6.45) is 15.9. The molecule has 0 saturated carbocycles. The molecule has 0 aromatic carbocycles. The van der Waals surface area contributed by atoms with Gasteiger partial charge in [0.05, 0.1) is 0 Å². The van der Waals surface area contributed by atoms with Crippen LogP contribution in [-0.4, -0.2) is 20.1 Å². The highest BCUT2D eigenvalue weighted by Crippen LogP contribution is 2.30. The molecule has 0 aromatic heterocycles. The third kappa shape index (κ3) is 6.04. The Bertz CT molecular complexity index is 535. The first-order valence-corrected chi connectivity index (χ1v) is 7.49. The summed E-state index contributed by atoms with van der Waals surface area (Å²) in [5.41, 5.74) is 9.73. The van der Waals surface area contributed by atoms with E-state index in [4.69, 9.17) is 5.53 Å². The Morgan fingerprint density at radius 1 is 1.36 bits per heavy atom. The zero-order chi connectivity index (χ0) is 16.3. The summed E-state index contributed by atoms with van der Waals surface area (Å²) in [6.45, 7) is 8.06. The molecule has 0 bridgehead atoms. The van der Waals surface area contributed by atoms with Gasteiger partial charge in [-0.2, -0.15) is 0 Å². The van der Waals surface area contributed by atoms with E-state index >= 15 is 0 Å².